The van der Waals surface area contributed by atoms with Crippen molar-refractivity contribution in [1.82, 2.24) is 15.8 Å². The van der Waals surface area contributed by atoms with E-state index in [4.69, 9.17) is 4.84 Å². The fourth-order valence-electron chi connectivity index (χ4n) is 1.55. The highest BCUT2D eigenvalue weighted by atomic mass is 16.7. The minimum Gasteiger partial charge on any atom is -0.355 e. The van der Waals surface area contributed by atoms with Gasteiger partial charge in [-0.25, -0.2) is 0 Å². The van der Waals surface area contributed by atoms with Gasteiger partial charge in [0.15, 0.2) is 0 Å². The number of aromatic nitrogens is 1. The van der Waals surface area contributed by atoms with E-state index in [9.17, 15) is 4.79 Å². The Morgan fingerprint density at radius 1 is 1.67 bits per heavy atom. The Kier molecular flexibility index (Phi) is 2.94. The Morgan fingerprint density at radius 2 is 2.53 bits per heavy atom. The molecule has 2 rings (SSSR count). The molecule has 80 valence electrons. The molecule has 1 saturated heterocycles. The maximum absolute atomic E-state index is 11.4. The van der Waals surface area contributed by atoms with Crippen LogP contribution in [0, 0.1) is 0 Å². The predicted octanol–water partition coefficient (Wildman–Crippen LogP) is 0.407. The molecule has 2 heterocycles. The van der Waals surface area contributed by atoms with Gasteiger partial charge in [-0.05, 0) is 18.1 Å². The van der Waals surface area contributed by atoms with Crippen LogP contribution in [-0.4, -0.2) is 24.5 Å². The van der Waals surface area contributed by atoms with E-state index in [2.05, 4.69) is 15.8 Å². The zero-order valence-electron chi connectivity index (χ0n) is 8.49. The summed E-state index contributed by atoms with van der Waals surface area (Å²) in [4.78, 5) is 20.5. The number of carbonyl (C=O) groups is 1. The van der Waals surface area contributed by atoms with E-state index in [-0.39, 0.29) is 11.9 Å². The van der Waals surface area contributed by atoms with Crippen molar-refractivity contribution in [1.29, 1.82) is 0 Å². The molecule has 1 aromatic heterocycles. The number of nitrogens with one attached hydrogen (secondary N) is 2. The summed E-state index contributed by atoms with van der Waals surface area (Å²) in [5.41, 5.74) is 4.44. The highest BCUT2D eigenvalue weighted by Gasteiger charge is 2.18. The predicted molar refractivity (Wildman–Crippen MR) is 54.1 cm³/mol. The first kappa shape index (κ1) is 10.1. The molecule has 5 heteroatoms. The van der Waals surface area contributed by atoms with Crippen molar-refractivity contribution in [2.45, 2.75) is 12.5 Å². The van der Waals surface area contributed by atoms with Crippen LogP contribution in [0.5, 0.6) is 0 Å². The van der Waals surface area contributed by atoms with Crippen molar-refractivity contribution < 1.29 is 9.63 Å². The molecule has 5 nitrogen and oxygen atoms in total. The molecular weight excluding hydrogens is 194 g/mol. The average molecular weight is 207 g/mol. The van der Waals surface area contributed by atoms with Gasteiger partial charge in [0.25, 0.3) is 5.91 Å². The Bertz CT molecular complexity index is 361. The van der Waals surface area contributed by atoms with Gasteiger partial charge >= 0.3 is 0 Å². The molecule has 0 bridgehead atoms. The molecule has 1 aromatic rings. The molecule has 0 saturated carbocycles. The first-order chi connectivity index (χ1) is 7.31. The molecule has 2 N–H and O–H groups in total. The maximum atomic E-state index is 11.4. The van der Waals surface area contributed by atoms with Crippen LogP contribution in [0.4, 0.5) is 0 Å². The molecule has 0 aromatic carbocycles. The third-order valence-corrected chi connectivity index (χ3v) is 2.39. The third-order valence-electron chi connectivity index (χ3n) is 2.39. The fraction of sp³-hybridized carbons (Fsp3) is 0.400. The fourth-order valence-corrected chi connectivity index (χ4v) is 1.55. The highest BCUT2D eigenvalue weighted by molar-refractivity contribution is 5.93. The number of carbonyl (C=O) groups excluding carboxylic acids is 1. The number of hydroxylamine groups is 1. The van der Waals surface area contributed by atoms with Crippen LogP contribution >= 0.6 is 0 Å². The Hall–Kier alpha value is -1.46. The van der Waals surface area contributed by atoms with Crippen molar-refractivity contribution in [3.8, 4) is 0 Å². The lowest BCUT2D eigenvalue weighted by atomic mass is 10.1. The van der Waals surface area contributed by atoms with Crippen LogP contribution in [0.3, 0.4) is 0 Å². The van der Waals surface area contributed by atoms with Crippen LogP contribution in [0.2, 0.25) is 0 Å². The number of amides is 1. The first-order valence-corrected chi connectivity index (χ1v) is 4.85. The summed E-state index contributed by atoms with van der Waals surface area (Å²) in [5.74, 6) is -0.122. The van der Waals surface area contributed by atoms with Gasteiger partial charge in [-0.2, -0.15) is 5.48 Å². The van der Waals surface area contributed by atoms with Crippen molar-refractivity contribution in [3.05, 3.63) is 29.6 Å². The zero-order chi connectivity index (χ0) is 10.7. The monoisotopic (exact) mass is 207 g/mol. The van der Waals surface area contributed by atoms with Crippen molar-refractivity contribution in [2.24, 2.45) is 0 Å². The molecule has 0 aliphatic carbocycles. The third kappa shape index (κ3) is 2.14. The molecule has 1 fully saturated rings. The second-order valence-corrected chi connectivity index (χ2v) is 3.39. The Balaban J connectivity index is 2.21. The summed E-state index contributed by atoms with van der Waals surface area (Å²) >= 11 is 0. The maximum Gasteiger partial charge on any atom is 0.252 e. The number of hydrogen-bond acceptors (Lipinski definition) is 4. The summed E-state index contributed by atoms with van der Waals surface area (Å²) in [6, 6.07) is 1.97. The highest BCUT2D eigenvalue weighted by Crippen LogP contribution is 2.20. The van der Waals surface area contributed by atoms with E-state index < -0.39 is 0 Å². The topological polar surface area (TPSA) is 63.2 Å². The van der Waals surface area contributed by atoms with Crippen LogP contribution in [0.15, 0.2) is 18.5 Å². The van der Waals surface area contributed by atoms with Crippen LogP contribution < -0.4 is 10.8 Å². The van der Waals surface area contributed by atoms with Gasteiger partial charge in [0, 0.05) is 19.4 Å². The van der Waals surface area contributed by atoms with Gasteiger partial charge in [0.1, 0.15) is 0 Å². The molecule has 1 amide bonds. The van der Waals surface area contributed by atoms with E-state index in [1.807, 2.05) is 6.07 Å². The minimum atomic E-state index is -0.122. The van der Waals surface area contributed by atoms with Crippen molar-refractivity contribution in [2.75, 3.05) is 13.7 Å². The lowest BCUT2D eigenvalue weighted by molar-refractivity contribution is 0.0881. The number of rotatable bonds is 2. The summed E-state index contributed by atoms with van der Waals surface area (Å²) < 4.78 is 0. The van der Waals surface area contributed by atoms with Gasteiger partial charge in [-0.15, -0.1) is 0 Å². The van der Waals surface area contributed by atoms with E-state index in [0.29, 0.717) is 12.2 Å². The number of nitrogens with zero attached hydrogens (tertiary/aromatic N) is 1. The lowest BCUT2D eigenvalue weighted by Gasteiger charge is -2.09. The van der Waals surface area contributed by atoms with Crippen LogP contribution in [-0.2, 0) is 4.84 Å². The van der Waals surface area contributed by atoms with Crippen molar-refractivity contribution in [3.63, 3.8) is 0 Å². The lowest BCUT2D eigenvalue weighted by Crippen LogP contribution is -2.19. The molecule has 1 atom stereocenters. The smallest absolute Gasteiger partial charge is 0.252 e. The van der Waals surface area contributed by atoms with E-state index in [1.165, 1.54) is 0 Å². The van der Waals surface area contributed by atoms with Gasteiger partial charge in [0.2, 0.25) is 0 Å². The average Bonchev–Trinajstić information content (AvgIpc) is 2.82. The summed E-state index contributed by atoms with van der Waals surface area (Å²) in [6.07, 6.45) is 4.20. The molecule has 1 unspecified atom stereocenters. The summed E-state index contributed by atoms with van der Waals surface area (Å²) in [5, 5.41) is 2.57. The number of hydrogen-bond donors (Lipinski definition) is 2. The summed E-state index contributed by atoms with van der Waals surface area (Å²) in [6.45, 7) is 0.689. The van der Waals surface area contributed by atoms with E-state index in [0.717, 1.165) is 12.0 Å². The normalized spacial score (nSPS) is 20.2. The second-order valence-electron chi connectivity index (χ2n) is 3.39. The van der Waals surface area contributed by atoms with Gasteiger partial charge < -0.3 is 10.2 Å². The Morgan fingerprint density at radius 3 is 3.20 bits per heavy atom. The SMILES string of the molecule is CNC(=O)c1cncc(C2CCON2)c1. The standard InChI is InChI=1S/C10H13N3O2/c1-11-10(14)8-4-7(5-12-6-8)9-2-3-15-13-9/h4-6,9,13H,2-3H2,1H3,(H,11,14). The first-order valence-electron chi connectivity index (χ1n) is 4.85. The molecular formula is C10H13N3O2. The van der Waals surface area contributed by atoms with Gasteiger partial charge in [-0.1, -0.05) is 0 Å². The van der Waals surface area contributed by atoms with Gasteiger partial charge in [0.05, 0.1) is 18.2 Å². The van der Waals surface area contributed by atoms with Crippen molar-refractivity contribution >= 4 is 5.91 Å². The minimum absolute atomic E-state index is 0.122. The van der Waals surface area contributed by atoms with E-state index >= 15 is 0 Å². The molecule has 1 aliphatic rings. The van der Waals surface area contributed by atoms with Crippen LogP contribution in [0.1, 0.15) is 28.4 Å². The molecule has 15 heavy (non-hydrogen) atoms. The summed E-state index contributed by atoms with van der Waals surface area (Å²) in [7, 11) is 1.60. The largest absolute Gasteiger partial charge is 0.355 e. The molecule has 0 spiro atoms. The zero-order valence-corrected chi connectivity index (χ0v) is 8.49. The Labute approximate surface area is 87.8 Å². The second kappa shape index (κ2) is 4.37. The van der Waals surface area contributed by atoms with Crippen LogP contribution in [0.25, 0.3) is 0 Å². The molecule has 0 radical (unpaired) electrons. The quantitative estimate of drug-likeness (QED) is 0.737. The van der Waals surface area contributed by atoms with E-state index in [1.54, 1.807) is 19.4 Å². The molecule has 1 aliphatic heterocycles. The van der Waals surface area contributed by atoms with Gasteiger partial charge in [-0.3, -0.25) is 9.78 Å². The number of pyridine rings is 1.